The van der Waals surface area contributed by atoms with Gasteiger partial charge in [-0.25, -0.2) is 0 Å². The average molecular weight is 283 g/mol. The quantitative estimate of drug-likeness (QED) is 0.797. The summed E-state index contributed by atoms with van der Waals surface area (Å²) >= 11 is 0. The van der Waals surface area contributed by atoms with Crippen LogP contribution in [0.5, 0.6) is 5.75 Å². The zero-order chi connectivity index (χ0) is 14.3. The van der Waals surface area contributed by atoms with E-state index >= 15 is 0 Å². The molecule has 0 fully saturated rings. The SMILES string of the molecule is CCCNC(c1ccc(OC)cc1)C(C)S(=O)CC. The second-order valence-corrected chi connectivity index (χ2v) is 6.66. The number of hydrogen-bond acceptors (Lipinski definition) is 3. The van der Waals surface area contributed by atoms with Gasteiger partial charge in [-0.1, -0.05) is 26.0 Å². The zero-order valence-electron chi connectivity index (χ0n) is 12.3. The second-order valence-electron chi connectivity index (χ2n) is 4.58. The van der Waals surface area contributed by atoms with Gasteiger partial charge in [-0.2, -0.15) is 0 Å². The first-order valence-electron chi connectivity index (χ1n) is 6.88. The monoisotopic (exact) mass is 283 g/mol. The first-order valence-corrected chi connectivity index (χ1v) is 8.26. The van der Waals surface area contributed by atoms with Gasteiger partial charge in [-0.15, -0.1) is 0 Å². The summed E-state index contributed by atoms with van der Waals surface area (Å²) in [5.41, 5.74) is 1.17. The molecule has 3 nitrogen and oxygen atoms in total. The molecule has 0 bridgehead atoms. The lowest BCUT2D eigenvalue weighted by Crippen LogP contribution is -2.34. The van der Waals surface area contributed by atoms with E-state index in [-0.39, 0.29) is 11.3 Å². The first kappa shape index (κ1) is 16.2. The van der Waals surface area contributed by atoms with E-state index in [1.807, 2.05) is 19.1 Å². The Balaban J connectivity index is 2.90. The van der Waals surface area contributed by atoms with Gasteiger partial charge in [-0.3, -0.25) is 4.21 Å². The van der Waals surface area contributed by atoms with E-state index < -0.39 is 10.8 Å². The molecule has 19 heavy (non-hydrogen) atoms. The van der Waals surface area contributed by atoms with Gasteiger partial charge in [-0.05, 0) is 37.6 Å². The molecule has 0 radical (unpaired) electrons. The van der Waals surface area contributed by atoms with Crippen LogP contribution in [0.3, 0.4) is 0 Å². The van der Waals surface area contributed by atoms with Crippen LogP contribution >= 0.6 is 0 Å². The van der Waals surface area contributed by atoms with E-state index in [1.54, 1.807) is 7.11 Å². The Morgan fingerprint density at radius 3 is 2.37 bits per heavy atom. The lowest BCUT2D eigenvalue weighted by Gasteiger charge is -2.25. The first-order chi connectivity index (χ1) is 9.13. The van der Waals surface area contributed by atoms with Gasteiger partial charge in [0.2, 0.25) is 0 Å². The highest BCUT2D eigenvalue weighted by molar-refractivity contribution is 7.85. The molecular formula is C15H25NO2S. The van der Waals surface area contributed by atoms with Crippen molar-refractivity contribution < 1.29 is 8.95 Å². The molecule has 3 unspecified atom stereocenters. The van der Waals surface area contributed by atoms with Crippen LogP contribution in [-0.2, 0) is 10.8 Å². The summed E-state index contributed by atoms with van der Waals surface area (Å²) in [5.74, 6) is 1.55. The fourth-order valence-electron chi connectivity index (χ4n) is 2.08. The minimum atomic E-state index is -0.807. The van der Waals surface area contributed by atoms with Crippen molar-refractivity contribution in [2.45, 2.75) is 38.5 Å². The van der Waals surface area contributed by atoms with E-state index in [4.69, 9.17) is 4.74 Å². The Morgan fingerprint density at radius 1 is 1.26 bits per heavy atom. The van der Waals surface area contributed by atoms with Crippen LogP contribution in [0.2, 0.25) is 0 Å². The van der Waals surface area contributed by atoms with E-state index in [0.717, 1.165) is 18.7 Å². The largest absolute Gasteiger partial charge is 0.497 e. The molecule has 0 heterocycles. The summed E-state index contributed by atoms with van der Waals surface area (Å²) in [4.78, 5) is 0. The van der Waals surface area contributed by atoms with Gasteiger partial charge < -0.3 is 10.1 Å². The van der Waals surface area contributed by atoms with Crippen molar-refractivity contribution in [2.24, 2.45) is 0 Å². The van der Waals surface area contributed by atoms with Crippen LogP contribution in [0.4, 0.5) is 0 Å². The number of ether oxygens (including phenoxy) is 1. The van der Waals surface area contributed by atoms with Crippen LogP contribution < -0.4 is 10.1 Å². The number of nitrogens with one attached hydrogen (secondary N) is 1. The summed E-state index contributed by atoms with van der Waals surface area (Å²) < 4.78 is 17.2. The van der Waals surface area contributed by atoms with Crippen LogP contribution in [0.1, 0.15) is 38.8 Å². The Labute approximate surface area is 119 Å². The molecule has 1 rings (SSSR count). The Hall–Kier alpha value is -0.870. The number of methoxy groups -OCH3 is 1. The predicted octanol–water partition coefficient (Wildman–Crippen LogP) is 2.89. The number of rotatable bonds is 8. The third-order valence-electron chi connectivity index (χ3n) is 3.26. The van der Waals surface area contributed by atoms with Crippen molar-refractivity contribution in [3.05, 3.63) is 29.8 Å². The molecule has 0 aliphatic carbocycles. The molecule has 0 amide bonds. The van der Waals surface area contributed by atoms with E-state index in [2.05, 4.69) is 31.3 Å². The van der Waals surface area contributed by atoms with Crippen LogP contribution in [0.15, 0.2) is 24.3 Å². The Morgan fingerprint density at radius 2 is 1.89 bits per heavy atom. The highest BCUT2D eigenvalue weighted by Crippen LogP contribution is 2.23. The Bertz CT molecular complexity index is 392. The number of benzene rings is 1. The molecule has 0 aliphatic rings. The standard InChI is InChI=1S/C15H25NO2S/c1-5-11-16-15(12(3)19(17)6-2)13-7-9-14(18-4)10-8-13/h7-10,12,15-16H,5-6,11H2,1-4H3. The summed E-state index contributed by atoms with van der Waals surface area (Å²) in [6.45, 7) is 7.09. The highest BCUT2D eigenvalue weighted by atomic mass is 32.2. The molecule has 108 valence electrons. The number of hydrogen-bond donors (Lipinski definition) is 1. The molecule has 1 aromatic carbocycles. The third-order valence-corrected chi connectivity index (χ3v) is 4.93. The average Bonchev–Trinajstić information content (AvgIpc) is 2.47. The summed E-state index contributed by atoms with van der Waals surface area (Å²) in [5, 5.41) is 3.61. The molecule has 3 atom stereocenters. The zero-order valence-corrected chi connectivity index (χ0v) is 13.1. The van der Waals surface area contributed by atoms with Gasteiger partial charge in [0, 0.05) is 22.6 Å². The molecular weight excluding hydrogens is 258 g/mol. The van der Waals surface area contributed by atoms with Gasteiger partial charge >= 0.3 is 0 Å². The van der Waals surface area contributed by atoms with Gasteiger partial charge in [0.25, 0.3) is 0 Å². The normalized spacial score (nSPS) is 15.8. The highest BCUT2D eigenvalue weighted by Gasteiger charge is 2.22. The fourth-order valence-corrected chi connectivity index (χ4v) is 3.16. The topological polar surface area (TPSA) is 38.3 Å². The Kier molecular flexibility index (Phi) is 7.10. The predicted molar refractivity (Wildman–Crippen MR) is 82.2 cm³/mol. The maximum Gasteiger partial charge on any atom is 0.118 e. The minimum Gasteiger partial charge on any atom is -0.497 e. The molecule has 0 saturated heterocycles. The minimum absolute atomic E-state index is 0.102. The summed E-state index contributed by atoms with van der Waals surface area (Å²) in [6.07, 6.45) is 1.07. The van der Waals surface area contributed by atoms with Crippen molar-refractivity contribution in [3.8, 4) is 5.75 Å². The smallest absolute Gasteiger partial charge is 0.118 e. The summed E-state index contributed by atoms with van der Waals surface area (Å²) in [6, 6.07) is 8.15. The lowest BCUT2D eigenvalue weighted by molar-refractivity contribution is 0.414. The van der Waals surface area contributed by atoms with Crippen LogP contribution in [0, 0.1) is 0 Å². The van der Waals surface area contributed by atoms with E-state index in [0.29, 0.717) is 5.75 Å². The van der Waals surface area contributed by atoms with Crippen molar-refractivity contribution >= 4 is 10.8 Å². The molecule has 1 aromatic rings. The molecule has 0 aliphatic heterocycles. The van der Waals surface area contributed by atoms with Crippen LogP contribution in [0.25, 0.3) is 0 Å². The maximum atomic E-state index is 12.1. The summed E-state index contributed by atoms with van der Waals surface area (Å²) in [7, 11) is 0.857. The van der Waals surface area contributed by atoms with Gasteiger partial charge in [0.15, 0.2) is 0 Å². The van der Waals surface area contributed by atoms with Gasteiger partial charge in [0.1, 0.15) is 5.75 Å². The van der Waals surface area contributed by atoms with E-state index in [9.17, 15) is 4.21 Å². The van der Waals surface area contributed by atoms with Crippen molar-refractivity contribution in [1.82, 2.24) is 5.32 Å². The van der Waals surface area contributed by atoms with E-state index in [1.165, 1.54) is 5.56 Å². The van der Waals surface area contributed by atoms with Crippen LogP contribution in [-0.4, -0.2) is 28.9 Å². The maximum absolute atomic E-state index is 12.1. The van der Waals surface area contributed by atoms with Gasteiger partial charge in [0.05, 0.1) is 12.4 Å². The molecule has 0 saturated carbocycles. The lowest BCUT2D eigenvalue weighted by atomic mass is 10.0. The fraction of sp³-hybridized carbons (Fsp3) is 0.600. The van der Waals surface area contributed by atoms with Crippen molar-refractivity contribution in [1.29, 1.82) is 0 Å². The third kappa shape index (κ3) is 4.62. The molecule has 4 heteroatoms. The van der Waals surface area contributed by atoms with Crippen molar-refractivity contribution in [3.63, 3.8) is 0 Å². The second kappa shape index (κ2) is 8.33. The van der Waals surface area contributed by atoms with Crippen molar-refractivity contribution in [2.75, 3.05) is 19.4 Å². The molecule has 1 N–H and O–H groups in total. The molecule has 0 spiro atoms. The molecule has 0 aromatic heterocycles.